The first-order chi connectivity index (χ1) is 10.1. The molecule has 1 fully saturated rings. The van der Waals surface area contributed by atoms with Crippen LogP contribution in [0.3, 0.4) is 0 Å². The Morgan fingerprint density at radius 2 is 1.86 bits per heavy atom. The molecular weight excluding hydrogens is 336 g/mol. The predicted molar refractivity (Wildman–Crippen MR) is 84.4 cm³/mol. The molecule has 1 aliphatic heterocycles. The van der Waals surface area contributed by atoms with Crippen molar-refractivity contribution < 1.29 is 19.0 Å². The molecule has 2 unspecified atom stereocenters. The SMILES string of the molecule is CCOc1cc(Br)c(C(=O)C2CCC(C)O2)cc1OCC. The second-order valence-corrected chi connectivity index (χ2v) is 5.88. The van der Waals surface area contributed by atoms with Gasteiger partial charge >= 0.3 is 0 Å². The number of rotatable bonds is 6. The van der Waals surface area contributed by atoms with Gasteiger partial charge < -0.3 is 14.2 Å². The number of Topliss-reactive ketones (excluding diaryl/α,β-unsaturated/α-hetero) is 1. The highest BCUT2D eigenvalue weighted by molar-refractivity contribution is 9.10. The Balaban J connectivity index is 2.30. The van der Waals surface area contributed by atoms with E-state index in [0.29, 0.717) is 34.7 Å². The molecule has 0 spiro atoms. The highest BCUT2D eigenvalue weighted by Crippen LogP contribution is 2.35. The van der Waals surface area contributed by atoms with Crippen molar-refractivity contribution in [3.8, 4) is 11.5 Å². The zero-order valence-corrected chi connectivity index (χ0v) is 14.2. The summed E-state index contributed by atoms with van der Waals surface area (Å²) < 4.78 is 17.5. The normalized spacial score (nSPS) is 21.3. The van der Waals surface area contributed by atoms with Gasteiger partial charge in [-0.25, -0.2) is 0 Å². The standard InChI is InChI=1S/C16H21BrO4/c1-4-19-14-8-11(12(17)9-15(14)20-5-2)16(18)13-7-6-10(3)21-13/h8-10,13H,4-7H2,1-3H3. The van der Waals surface area contributed by atoms with E-state index in [0.717, 1.165) is 12.8 Å². The minimum absolute atomic E-state index is 0.00442. The zero-order valence-electron chi connectivity index (χ0n) is 12.6. The van der Waals surface area contributed by atoms with Crippen molar-refractivity contribution in [1.82, 2.24) is 0 Å². The van der Waals surface area contributed by atoms with Crippen LogP contribution >= 0.6 is 15.9 Å². The van der Waals surface area contributed by atoms with E-state index in [1.807, 2.05) is 20.8 Å². The van der Waals surface area contributed by atoms with E-state index in [9.17, 15) is 4.79 Å². The molecule has 116 valence electrons. The second-order valence-electron chi connectivity index (χ2n) is 5.02. The quantitative estimate of drug-likeness (QED) is 0.722. The summed E-state index contributed by atoms with van der Waals surface area (Å²) in [7, 11) is 0. The van der Waals surface area contributed by atoms with Crippen LogP contribution in [0.25, 0.3) is 0 Å². The lowest BCUT2D eigenvalue weighted by molar-refractivity contribution is 0.0432. The third kappa shape index (κ3) is 3.77. The van der Waals surface area contributed by atoms with Gasteiger partial charge in [0, 0.05) is 10.0 Å². The topological polar surface area (TPSA) is 44.8 Å². The Morgan fingerprint density at radius 3 is 2.38 bits per heavy atom. The van der Waals surface area contributed by atoms with Crippen LogP contribution in [0, 0.1) is 0 Å². The van der Waals surface area contributed by atoms with Crippen LogP contribution in [0.1, 0.15) is 44.0 Å². The van der Waals surface area contributed by atoms with Crippen LogP contribution < -0.4 is 9.47 Å². The van der Waals surface area contributed by atoms with Crippen molar-refractivity contribution in [2.45, 2.75) is 45.8 Å². The lowest BCUT2D eigenvalue weighted by atomic mass is 10.0. The molecule has 21 heavy (non-hydrogen) atoms. The summed E-state index contributed by atoms with van der Waals surface area (Å²) >= 11 is 3.45. The summed E-state index contributed by atoms with van der Waals surface area (Å²) in [6.07, 6.45) is 1.47. The Kier molecular flexibility index (Phi) is 5.65. The largest absolute Gasteiger partial charge is 0.490 e. The molecular formula is C16H21BrO4. The molecule has 1 aromatic carbocycles. The minimum atomic E-state index is -0.358. The van der Waals surface area contributed by atoms with E-state index < -0.39 is 0 Å². The van der Waals surface area contributed by atoms with Gasteiger partial charge in [-0.3, -0.25) is 4.79 Å². The predicted octanol–water partition coefficient (Wildman–Crippen LogP) is 4.00. The number of benzene rings is 1. The van der Waals surface area contributed by atoms with Crippen LogP contribution in [-0.4, -0.2) is 31.2 Å². The highest BCUT2D eigenvalue weighted by Gasteiger charge is 2.30. The monoisotopic (exact) mass is 356 g/mol. The van der Waals surface area contributed by atoms with E-state index in [1.165, 1.54) is 0 Å². The van der Waals surface area contributed by atoms with Crippen molar-refractivity contribution in [3.63, 3.8) is 0 Å². The molecule has 0 aliphatic carbocycles. The zero-order chi connectivity index (χ0) is 15.4. The summed E-state index contributed by atoms with van der Waals surface area (Å²) in [4.78, 5) is 12.6. The first kappa shape index (κ1) is 16.3. The summed E-state index contributed by atoms with van der Waals surface area (Å²) in [5.41, 5.74) is 0.584. The fourth-order valence-corrected chi connectivity index (χ4v) is 2.95. The Hall–Kier alpha value is -1.07. The number of ketones is 1. The molecule has 1 aromatic rings. The third-order valence-corrected chi connectivity index (χ3v) is 4.08. The van der Waals surface area contributed by atoms with Gasteiger partial charge in [0.25, 0.3) is 0 Å². The highest BCUT2D eigenvalue weighted by atomic mass is 79.9. The molecule has 1 aliphatic rings. The van der Waals surface area contributed by atoms with Crippen molar-refractivity contribution in [3.05, 3.63) is 22.2 Å². The number of ether oxygens (including phenoxy) is 3. The number of carbonyl (C=O) groups excluding carboxylic acids is 1. The van der Waals surface area contributed by atoms with E-state index >= 15 is 0 Å². The van der Waals surface area contributed by atoms with E-state index in [2.05, 4.69) is 15.9 Å². The van der Waals surface area contributed by atoms with Gasteiger partial charge in [-0.2, -0.15) is 0 Å². The summed E-state index contributed by atoms with van der Waals surface area (Å²) in [5.74, 6) is 1.23. The van der Waals surface area contributed by atoms with Crippen LogP contribution in [0.4, 0.5) is 0 Å². The third-order valence-electron chi connectivity index (χ3n) is 3.42. The molecule has 0 bridgehead atoms. The lowest BCUT2D eigenvalue weighted by Gasteiger charge is -2.16. The summed E-state index contributed by atoms with van der Waals surface area (Å²) in [6, 6.07) is 3.54. The van der Waals surface area contributed by atoms with Crippen molar-refractivity contribution in [2.24, 2.45) is 0 Å². The molecule has 1 heterocycles. The van der Waals surface area contributed by atoms with Gasteiger partial charge in [-0.1, -0.05) is 0 Å². The maximum absolute atomic E-state index is 12.6. The van der Waals surface area contributed by atoms with Gasteiger partial charge in [0.1, 0.15) is 6.10 Å². The molecule has 4 nitrogen and oxygen atoms in total. The molecule has 0 saturated carbocycles. The average molecular weight is 357 g/mol. The van der Waals surface area contributed by atoms with Crippen molar-refractivity contribution >= 4 is 21.7 Å². The first-order valence-electron chi connectivity index (χ1n) is 7.35. The van der Waals surface area contributed by atoms with Crippen molar-refractivity contribution in [1.29, 1.82) is 0 Å². The fourth-order valence-electron chi connectivity index (χ4n) is 2.43. The summed E-state index contributed by atoms with van der Waals surface area (Å²) in [6.45, 7) is 6.87. The number of carbonyl (C=O) groups is 1. The summed E-state index contributed by atoms with van der Waals surface area (Å²) in [5, 5.41) is 0. The minimum Gasteiger partial charge on any atom is -0.490 e. The molecule has 1 saturated heterocycles. The van der Waals surface area contributed by atoms with Crippen molar-refractivity contribution in [2.75, 3.05) is 13.2 Å². The number of halogens is 1. The van der Waals surface area contributed by atoms with Gasteiger partial charge in [0.2, 0.25) is 0 Å². The van der Waals surface area contributed by atoms with Gasteiger partial charge in [0.15, 0.2) is 17.3 Å². The van der Waals surface area contributed by atoms with Crippen LogP contribution in [-0.2, 0) is 4.74 Å². The lowest BCUT2D eigenvalue weighted by Crippen LogP contribution is -2.21. The molecule has 2 rings (SSSR count). The van der Waals surface area contributed by atoms with Crippen LogP contribution in [0.15, 0.2) is 16.6 Å². The molecule has 0 aromatic heterocycles. The molecule has 0 radical (unpaired) electrons. The molecule has 5 heteroatoms. The fraction of sp³-hybridized carbons (Fsp3) is 0.562. The smallest absolute Gasteiger partial charge is 0.192 e. The maximum Gasteiger partial charge on any atom is 0.192 e. The van der Waals surface area contributed by atoms with E-state index in [1.54, 1.807) is 12.1 Å². The van der Waals surface area contributed by atoms with Crippen LogP contribution in [0.2, 0.25) is 0 Å². The Bertz CT molecular complexity index is 515. The molecule has 0 amide bonds. The van der Waals surface area contributed by atoms with Crippen LogP contribution in [0.5, 0.6) is 11.5 Å². The Labute approximate surface area is 133 Å². The van der Waals surface area contributed by atoms with E-state index in [4.69, 9.17) is 14.2 Å². The number of hydrogen-bond donors (Lipinski definition) is 0. The second kappa shape index (κ2) is 7.27. The maximum atomic E-state index is 12.6. The molecule has 0 N–H and O–H groups in total. The Morgan fingerprint density at radius 1 is 1.24 bits per heavy atom. The van der Waals surface area contributed by atoms with E-state index in [-0.39, 0.29) is 18.0 Å². The average Bonchev–Trinajstić information content (AvgIpc) is 2.88. The number of hydrogen-bond acceptors (Lipinski definition) is 4. The first-order valence-corrected chi connectivity index (χ1v) is 8.14. The van der Waals surface area contributed by atoms with Gasteiger partial charge in [-0.15, -0.1) is 0 Å². The van der Waals surface area contributed by atoms with Gasteiger partial charge in [-0.05, 0) is 61.7 Å². The van der Waals surface area contributed by atoms with Gasteiger partial charge in [0.05, 0.1) is 19.3 Å². The molecule has 2 atom stereocenters.